The molecule has 2 aliphatic heterocycles. The third-order valence-electron chi connectivity index (χ3n) is 7.84. The molecule has 4 N–H and O–H groups in total. The number of amides is 2. The average molecular weight is 566 g/mol. The minimum atomic E-state index is -1.45. The van der Waals surface area contributed by atoms with Gasteiger partial charge in [0.15, 0.2) is 5.82 Å². The van der Waals surface area contributed by atoms with E-state index in [1.54, 1.807) is 13.0 Å². The number of alkyl halides is 1. The predicted molar refractivity (Wildman–Crippen MR) is 145 cm³/mol. The van der Waals surface area contributed by atoms with Crippen LogP contribution in [0.3, 0.4) is 0 Å². The summed E-state index contributed by atoms with van der Waals surface area (Å²) in [6.45, 7) is 10.5. The van der Waals surface area contributed by atoms with Gasteiger partial charge < -0.3 is 21.1 Å². The Balaban J connectivity index is 1.85. The van der Waals surface area contributed by atoms with Crippen molar-refractivity contribution < 1.29 is 27.9 Å². The van der Waals surface area contributed by atoms with E-state index in [9.17, 15) is 23.5 Å². The van der Waals surface area contributed by atoms with Crippen LogP contribution in [0.5, 0.6) is 0 Å². The lowest BCUT2D eigenvalue weighted by atomic mass is 9.62. The largest absolute Gasteiger partial charge is 0.390 e. The van der Waals surface area contributed by atoms with E-state index >= 15 is 4.39 Å². The topological polar surface area (TPSA) is 90.5 Å². The van der Waals surface area contributed by atoms with Crippen LogP contribution in [0.1, 0.15) is 52.5 Å². The van der Waals surface area contributed by atoms with Crippen molar-refractivity contribution in [1.82, 2.24) is 10.6 Å². The Kier molecular flexibility index (Phi) is 7.84. The molecule has 4 rings (SSSR count). The fraction of sp³-hybridized carbons (Fsp3) is 0.517. The third kappa shape index (κ3) is 5.41. The van der Waals surface area contributed by atoms with Crippen molar-refractivity contribution in [3.63, 3.8) is 0 Å². The molecule has 0 unspecified atom stereocenters. The van der Waals surface area contributed by atoms with Gasteiger partial charge in [0.2, 0.25) is 11.8 Å². The molecule has 39 heavy (non-hydrogen) atoms. The van der Waals surface area contributed by atoms with Gasteiger partial charge in [0.25, 0.3) is 0 Å². The summed E-state index contributed by atoms with van der Waals surface area (Å²) in [5.41, 5.74) is -2.01. The number of rotatable bonds is 7. The maximum atomic E-state index is 15.2. The molecule has 1 spiro atoms. The number of carbonyl (C=O) groups excluding carboxylic acids is 2. The van der Waals surface area contributed by atoms with Gasteiger partial charge >= 0.3 is 0 Å². The van der Waals surface area contributed by atoms with Crippen LogP contribution >= 0.6 is 11.6 Å². The molecular weight excluding hydrogens is 531 g/mol. The number of benzene rings is 1. The number of nitrogens with one attached hydrogen (secondary N) is 3. The number of allylic oxidation sites excluding steroid dienone is 4. The molecule has 1 saturated heterocycles. The van der Waals surface area contributed by atoms with Crippen molar-refractivity contribution in [2.45, 2.75) is 76.1 Å². The second-order valence-corrected chi connectivity index (χ2v) is 12.7. The standard InChI is InChI=1S/C29H35ClF3N3O3/c1-15(7-6-8-16(32)14-31)21-24(25(37)34-17-11-28(5,39)12-17)35-20(13-27(2,3)4)29(21)18-9-10-19(30)22(33)23(18)36-26(29)38/h6-10,17,20-21,24,35,39H,1,11-14H2,2-5H3,(H,34,37)(H,36,38)/b7-6-,16-8+/t17?,20-,21-,24+,28?,29+/m0/s1. The zero-order valence-electron chi connectivity index (χ0n) is 22.5. The Morgan fingerprint density at radius 3 is 2.59 bits per heavy atom. The van der Waals surface area contributed by atoms with Gasteiger partial charge in [-0.2, -0.15) is 0 Å². The Hall–Kier alpha value is -2.62. The molecule has 2 amide bonds. The van der Waals surface area contributed by atoms with Crippen LogP contribution in [-0.4, -0.2) is 47.3 Å². The van der Waals surface area contributed by atoms with Gasteiger partial charge in [0.05, 0.1) is 22.4 Å². The van der Waals surface area contributed by atoms with Crippen LogP contribution in [0, 0.1) is 17.2 Å². The quantitative estimate of drug-likeness (QED) is 0.349. The maximum Gasteiger partial charge on any atom is 0.238 e. The smallest absolute Gasteiger partial charge is 0.238 e. The van der Waals surface area contributed by atoms with Gasteiger partial charge in [0, 0.05) is 18.0 Å². The normalized spacial score (nSPS) is 32.3. The first kappa shape index (κ1) is 29.4. The third-order valence-corrected chi connectivity index (χ3v) is 8.13. The highest BCUT2D eigenvalue weighted by Crippen LogP contribution is 2.55. The van der Waals surface area contributed by atoms with Gasteiger partial charge in [0.1, 0.15) is 17.9 Å². The van der Waals surface area contributed by atoms with Gasteiger partial charge in [-0.25, -0.2) is 13.2 Å². The molecule has 10 heteroatoms. The van der Waals surface area contributed by atoms with Crippen LogP contribution in [0.2, 0.25) is 5.02 Å². The highest BCUT2D eigenvalue weighted by Gasteiger charge is 2.66. The lowest BCUT2D eigenvalue weighted by Crippen LogP contribution is -2.57. The van der Waals surface area contributed by atoms with Crippen molar-refractivity contribution in [3.8, 4) is 0 Å². The molecule has 1 aliphatic carbocycles. The SMILES string of the molecule is C=C(/C=C\C=C(\F)CF)[C@H]1[C@H](C(=O)NC2CC(C)(O)C2)N[C@@H](CC(C)(C)C)[C@@]12C(=O)Nc1c2ccc(Cl)c1F. The Morgan fingerprint density at radius 2 is 2.00 bits per heavy atom. The second kappa shape index (κ2) is 10.4. The summed E-state index contributed by atoms with van der Waals surface area (Å²) in [7, 11) is 0. The van der Waals surface area contributed by atoms with Crippen molar-refractivity contribution in [2.75, 3.05) is 12.0 Å². The molecule has 0 bridgehead atoms. The summed E-state index contributed by atoms with van der Waals surface area (Å²) < 4.78 is 41.3. The summed E-state index contributed by atoms with van der Waals surface area (Å²) in [5.74, 6) is -3.58. The summed E-state index contributed by atoms with van der Waals surface area (Å²) in [4.78, 5) is 27.7. The van der Waals surface area contributed by atoms with Gasteiger partial charge in [-0.1, -0.05) is 57.2 Å². The average Bonchev–Trinajstić information content (AvgIpc) is 3.30. The molecule has 3 aliphatic rings. The van der Waals surface area contributed by atoms with E-state index in [0.717, 1.165) is 6.08 Å². The molecular formula is C29H35ClF3N3O3. The van der Waals surface area contributed by atoms with Crippen molar-refractivity contribution in [3.05, 3.63) is 64.7 Å². The van der Waals surface area contributed by atoms with Crippen LogP contribution in [0.25, 0.3) is 0 Å². The second-order valence-electron chi connectivity index (χ2n) is 12.3. The van der Waals surface area contributed by atoms with Crippen LogP contribution in [-0.2, 0) is 15.0 Å². The Morgan fingerprint density at radius 1 is 1.33 bits per heavy atom. The van der Waals surface area contributed by atoms with E-state index in [-0.39, 0.29) is 22.2 Å². The zero-order chi connectivity index (χ0) is 28.9. The van der Waals surface area contributed by atoms with Crippen molar-refractivity contribution in [2.24, 2.45) is 11.3 Å². The van der Waals surface area contributed by atoms with Crippen LogP contribution < -0.4 is 16.0 Å². The summed E-state index contributed by atoms with van der Waals surface area (Å²) >= 11 is 6.04. The summed E-state index contributed by atoms with van der Waals surface area (Å²) in [6, 6.07) is 1.13. The number of hydrogen-bond donors (Lipinski definition) is 4. The zero-order valence-corrected chi connectivity index (χ0v) is 23.3. The van der Waals surface area contributed by atoms with E-state index in [1.165, 1.54) is 18.2 Å². The van der Waals surface area contributed by atoms with Gasteiger partial charge in [-0.15, -0.1) is 0 Å². The molecule has 212 valence electrons. The Bertz CT molecular complexity index is 1250. The van der Waals surface area contributed by atoms with Crippen molar-refractivity contribution >= 4 is 29.1 Å². The molecule has 2 fully saturated rings. The minimum absolute atomic E-state index is 0.0468. The number of hydrogen-bond acceptors (Lipinski definition) is 4. The fourth-order valence-electron chi connectivity index (χ4n) is 6.32. The van der Waals surface area contributed by atoms with Gasteiger partial charge in [-0.05, 0) is 54.9 Å². The molecule has 1 aromatic rings. The molecule has 2 heterocycles. The number of aliphatic hydroxyl groups is 1. The number of halogens is 4. The molecule has 1 aromatic carbocycles. The number of anilines is 1. The molecule has 0 radical (unpaired) electrons. The molecule has 0 aromatic heterocycles. The van der Waals surface area contributed by atoms with Crippen LogP contribution in [0.4, 0.5) is 18.9 Å². The van der Waals surface area contributed by atoms with Crippen LogP contribution in [0.15, 0.2) is 48.3 Å². The summed E-state index contributed by atoms with van der Waals surface area (Å²) in [6.07, 6.45) is 4.86. The molecule has 6 nitrogen and oxygen atoms in total. The Labute approximate surface area is 231 Å². The van der Waals surface area contributed by atoms with Gasteiger partial charge in [-0.3, -0.25) is 9.59 Å². The first-order chi connectivity index (χ1) is 18.1. The summed E-state index contributed by atoms with van der Waals surface area (Å²) in [5, 5.41) is 19.0. The lowest BCUT2D eigenvalue weighted by molar-refractivity contribution is -0.127. The predicted octanol–water partition coefficient (Wildman–Crippen LogP) is 5.03. The monoisotopic (exact) mass is 565 g/mol. The van der Waals surface area contributed by atoms with E-state index in [4.69, 9.17) is 11.6 Å². The fourth-order valence-corrected chi connectivity index (χ4v) is 6.48. The van der Waals surface area contributed by atoms with Crippen molar-refractivity contribution in [1.29, 1.82) is 0 Å². The molecule has 4 atom stereocenters. The van der Waals surface area contributed by atoms with E-state index < -0.39 is 59.2 Å². The first-order valence-corrected chi connectivity index (χ1v) is 13.3. The highest BCUT2D eigenvalue weighted by molar-refractivity contribution is 6.31. The van der Waals surface area contributed by atoms with E-state index in [2.05, 4.69) is 22.5 Å². The maximum absolute atomic E-state index is 15.2. The number of fused-ring (bicyclic) bond motifs is 2. The first-order valence-electron chi connectivity index (χ1n) is 13.0. The lowest BCUT2D eigenvalue weighted by Gasteiger charge is -2.42. The molecule has 1 saturated carbocycles. The number of carbonyl (C=O) groups is 2. The van der Waals surface area contributed by atoms with E-state index in [1.807, 2.05) is 20.8 Å². The highest BCUT2D eigenvalue weighted by atomic mass is 35.5. The minimum Gasteiger partial charge on any atom is -0.390 e. The van der Waals surface area contributed by atoms with E-state index in [0.29, 0.717) is 30.4 Å².